The Kier molecular flexibility index (Phi) is 3.83. The molecular weight excluding hydrogens is 254 g/mol. The Morgan fingerprint density at radius 3 is 2.68 bits per heavy atom. The molecular formula is C16H21NOS. The van der Waals surface area contributed by atoms with E-state index in [0.717, 1.165) is 16.7 Å². The van der Waals surface area contributed by atoms with Crippen LogP contribution < -0.4 is 5.32 Å². The van der Waals surface area contributed by atoms with E-state index in [1.807, 2.05) is 25.1 Å². The second-order valence-corrected chi connectivity index (χ2v) is 7.28. The minimum atomic E-state index is -0.0125. The third-order valence-corrected chi connectivity index (χ3v) is 5.60. The van der Waals surface area contributed by atoms with Crippen molar-refractivity contribution in [3.63, 3.8) is 0 Å². The molecule has 0 spiro atoms. The molecule has 102 valence electrons. The Bertz CT molecular complexity index is 447. The van der Waals surface area contributed by atoms with Crippen LogP contribution >= 0.6 is 11.8 Å². The first-order chi connectivity index (χ1) is 9.22. The lowest BCUT2D eigenvalue weighted by atomic mass is 9.95. The summed E-state index contributed by atoms with van der Waals surface area (Å²) in [5.41, 5.74) is 0. The summed E-state index contributed by atoms with van der Waals surface area (Å²) in [5.74, 6) is 1.83. The SMILES string of the molecule is C[C@H](Sc1ccccc1)C(=O)N[C@H]1C[C@H]2CC[C@H]1C2. The number of carbonyl (C=O) groups is 1. The lowest BCUT2D eigenvalue weighted by Gasteiger charge is -2.24. The van der Waals surface area contributed by atoms with Crippen molar-refractivity contribution in [3.05, 3.63) is 30.3 Å². The second-order valence-electron chi connectivity index (χ2n) is 5.86. The maximum Gasteiger partial charge on any atom is 0.233 e. The van der Waals surface area contributed by atoms with E-state index >= 15 is 0 Å². The molecule has 2 aliphatic rings. The standard InChI is InChI=1S/C16H21NOS/c1-11(19-14-5-3-2-4-6-14)16(18)17-15-10-12-7-8-13(15)9-12/h2-6,11-13,15H,7-10H2,1H3,(H,17,18)/t11-,12-,13-,15-/m0/s1. The van der Waals surface area contributed by atoms with Gasteiger partial charge in [0.25, 0.3) is 0 Å². The van der Waals surface area contributed by atoms with Crippen LogP contribution in [-0.2, 0) is 4.79 Å². The first-order valence-electron chi connectivity index (χ1n) is 7.24. The first-order valence-corrected chi connectivity index (χ1v) is 8.12. The molecule has 0 saturated heterocycles. The molecule has 1 N–H and O–H groups in total. The number of thioether (sulfide) groups is 1. The van der Waals surface area contributed by atoms with Crippen molar-refractivity contribution in [1.29, 1.82) is 0 Å². The van der Waals surface area contributed by atoms with Crippen molar-refractivity contribution < 1.29 is 4.79 Å². The summed E-state index contributed by atoms with van der Waals surface area (Å²) < 4.78 is 0. The Balaban J connectivity index is 1.53. The van der Waals surface area contributed by atoms with E-state index in [1.54, 1.807) is 11.8 Å². The van der Waals surface area contributed by atoms with Crippen LogP contribution in [0.2, 0.25) is 0 Å². The maximum atomic E-state index is 12.2. The number of hydrogen-bond donors (Lipinski definition) is 1. The van der Waals surface area contributed by atoms with Gasteiger partial charge in [-0.1, -0.05) is 24.6 Å². The van der Waals surface area contributed by atoms with Gasteiger partial charge in [-0.25, -0.2) is 0 Å². The highest BCUT2D eigenvalue weighted by atomic mass is 32.2. The van der Waals surface area contributed by atoms with Gasteiger partial charge in [0.1, 0.15) is 0 Å². The average Bonchev–Trinajstić information content (AvgIpc) is 3.02. The van der Waals surface area contributed by atoms with Crippen molar-refractivity contribution in [2.24, 2.45) is 11.8 Å². The fraction of sp³-hybridized carbons (Fsp3) is 0.562. The molecule has 0 aliphatic heterocycles. The lowest BCUT2D eigenvalue weighted by molar-refractivity contribution is -0.121. The first kappa shape index (κ1) is 13.0. The molecule has 0 aromatic heterocycles. The lowest BCUT2D eigenvalue weighted by Crippen LogP contribution is -2.42. The summed E-state index contributed by atoms with van der Waals surface area (Å²) in [4.78, 5) is 13.4. The topological polar surface area (TPSA) is 29.1 Å². The van der Waals surface area contributed by atoms with Crippen LogP contribution in [0.25, 0.3) is 0 Å². The van der Waals surface area contributed by atoms with Gasteiger partial charge in [-0.15, -0.1) is 11.8 Å². The number of rotatable bonds is 4. The largest absolute Gasteiger partial charge is 0.352 e. The van der Waals surface area contributed by atoms with E-state index in [2.05, 4.69) is 17.4 Å². The van der Waals surface area contributed by atoms with Gasteiger partial charge in [-0.3, -0.25) is 4.79 Å². The van der Waals surface area contributed by atoms with Crippen LogP contribution in [0.15, 0.2) is 35.2 Å². The molecule has 2 bridgehead atoms. The Morgan fingerprint density at radius 2 is 2.05 bits per heavy atom. The van der Waals surface area contributed by atoms with Crippen molar-refractivity contribution in [3.8, 4) is 0 Å². The third-order valence-electron chi connectivity index (χ3n) is 4.49. The molecule has 2 nitrogen and oxygen atoms in total. The normalized spacial score (nSPS) is 30.3. The average molecular weight is 275 g/mol. The molecule has 3 rings (SSSR count). The molecule has 1 aromatic carbocycles. The number of nitrogens with one attached hydrogen (secondary N) is 1. The summed E-state index contributed by atoms with van der Waals surface area (Å²) >= 11 is 1.64. The van der Waals surface area contributed by atoms with Crippen molar-refractivity contribution in [2.75, 3.05) is 0 Å². The number of hydrogen-bond acceptors (Lipinski definition) is 2. The Labute approximate surface area is 119 Å². The molecule has 1 aromatic rings. The molecule has 2 saturated carbocycles. The molecule has 0 heterocycles. The smallest absolute Gasteiger partial charge is 0.233 e. The van der Waals surface area contributed by atoms with E-state index in [1.165, 1.54) is 25.7 Å². The third kappa shape index (κ3) is 2.97. The van der Waals surface area contributed by atoms with Gasteiger partial charge in [0.2, 0.25) is 5.91 Å². The molecule has 0 unspecified atom stereocenters. The van der Waals surface area contributed by atoms with E-state index in [-0.39, 0.29) is 11.2 Å². The highest BCUT2D eigenvalue weighted by Crippen LogP contribution is 2.44. The fourth-order valence-corrected chi connectivity index (χ4v) is 4.38. The molecule has 1 amide bonds. The molecule has 4 atom stereocenters. The van der Waals surface area contributed by atoms with Crippen molar-refractivity contribution in [2.45, 2.75) is 48.8 Å². The number of carbonyl (C=O) groups excluding carboxylic acids is 1. The van der Waals surface area contributed by atoms with Gasteiger partial charge in [-0.05, 0) is 50.2 Å². The van der Waals surface area contributed by atoms with Gasteiger partial charge >= 0.3 is 0 Å². The zero-order valence-corrected chi connectivity index (χ0v) is 12.2. The Morgan fingerprint density at radius 1 is 1.26 bits per heavy atom. The van der Waals surface area contributed by atoms with E-state index in [0.29, 0.717) is 6.04 Å². The van der Waals surface area contributed by atoms with E-state index in [9.17, 15) is 4.79 Å². The van der Waals surface area contributed by atoms with Gasteiger partial charge in [0, 0.05) is 10.9 Å². The van der Waals surface area contributed by atoms with E-state index in [4.69, 9.17) is 0 Å². The summed E-state index contributed by atoms with van der Waals surface area (Å²) in [6.45, 7) is 2.00. The predicted molar refractivity (Wildman–Crippen MR) is 79.1 cm³/mol. The zero-order chi connectivity index (χ0) is 13.2. The summed E-state index contributed by atoms with van der Waals surface area (Å²) in [6.07, 6.45) is 5.24. The van der Waals surface area contributed by atoms with Crippen LogP contribution in [0.4, 0.5) is 0 Å². The van der Waals surface area contributed by atoms with Gasteiger partial charge in [0.15, 0.2) is 0 Å². The highest BCUT2D eigenvalue weighted by molar-refractivity contribution is 8.00. The van der Waals surface area contributed by atoms with Crippen LogP contribution in [0.5, 0.6) is 0 Å². The molecule has 2 fully saturated rings. The number of fused-ring (bicyclic) bond motifs is 2. The predicted octanol–water partition coefficient (Wildman–Crippen LogP) is 3.47. The molecule has 3 heteroatoms. The molecule has 0 radical (unpaired) electrons. The highest BCUT2D eigenvalue weighted by Gasteiger charge is 2.40. The molecule has 2 aliphatic carbocycles. The number of amides is 1. The summed E-state index contributed by atoms with van der Waals surface area (Å²) in [7, 11) is 0. The van der Waals surface area contributed by atoms with Crippen LogP contribution in [-0.4, -0.2) is 17.2 Å². The van der Waals surface area contributed by atoms with Gasteiger partial charge in [-0.2, -0.15) is 0 Å². The summed E-state index contributed by atoms with van der Waals surface area (Å²) in [6, 6.07) is 10.6. The minimum Gasteiger partial charge on any atom is -0.352 e. The van der Waals surface area contributed by atoms with E-state index < -0.39 is 0 Å². The van der Waals surface area contributed by atoms with Crippen LogP contribution in [0.3, 0.4) is 0 Å². The minimum absolute atomic E-state index is 0.0125. The van der Waals surface area contributed by atoms with Crippen molar-refractivity contribution >= 4 is 17.7 Å². The van der Waals surface area contributed by atoms with Crippen molar-refractivity contribution in [1.82, 2.24) is 5.32 Å². The van der Waals surface area contributed by atoms with Crippen LogP contribution in [0.1, 0.15) is 32.6 Å². The number of benzene rings is 1. The quantitative estimate of drug-likeness (QED) is 0.852. The van der Waals surface area contributed by atoms with Crippen LogP contribution in [0, 0.1) is 11.8 Å². The maximum absolute atomic E-state index is 12.2. The molecule has 19 heavy (non-hydrogen) atoms. The Hall–Kier alpha value is -0.960. The van der Waals surface area contributed by atoms with Gasteiger partial charge < -0.3 is 5.32 Å². The van der Waals surface area contributed by atoms with Gasteiger partial charge in [0.05, 0.1) is 5.25 Å². The monoisotopic (exact) mass is 275 g/mol. The fourth-order valence-electron chi connectivity index (χ4n) is 3.48. The second kappa shape index (κ2) is 5.58. The summed E-state index contributed by atoms with van der Waals surface area (Å²) in [5, 5.41) is 3.26. The zero-order valence-electron chi connectivity index (χ0n) is 11.3.